The Morgan fingerprint density at radius 3 is 2.65 bits per heavy atom. The van der Waals surface area contributed by atoms with Gasteiger partial charge in [-0.2, -0.15) is 0 Å². The van der Waals surface area contributed by atoms with Crippen LogP contribution in [-0.4, -0.2) is 12.9 Å². The van der Waals surface area contributed by atoms with Gasteiger partial charge in [-0.25, -0.2) is 4.39 Å². The molecular weight excluding hydrogens is 255 g/mol. The van der Waals surface area contributed by atoms with Crippen molar-refractivity contribution in [3.05, 3.63) is 64.5 Å². The number of benzene rings is 2. The Hall–Kier alpha value is -2.16. The topological polar surface area (TPSA) is 26.3 Å². The predicted octanol–water partition coefficient (Wildman–Crippen LogP) is 3.88. The number of aryl methyl sites for hydroxylation is 2. The third-order valence-electron chi connectivity index (χ3n) is 3.31. The molecule has 0 aliphatic carbocycles. The number of carbonyl (C=O) groups excluding carboxylic acids is 1. The van der Waals surface area contributed by atoms with Gasteiger partial charge in [0.15, 0.2) is 17.3 Å². The lowest BCUT2D eigenvalue weighted by Crippen LogP contribution is -2.08. The summed E-state index contributed by atoms with van der Waals surface area (Å²) in [5.41, 5.74) is 2.93. The van der Waals surface area contributed by atoms with Crippen molar-refractivity contribution in [2.75, 3.05) is 7.11 Å². The highest BCUT2D eigenvalue weighted by molar-refractivity contribution is 5.99. The molecule has 0 spiro atoms. The van der Waals surface area contributed by atoms with E-state index in [4.69, 9.17) is 4.74 Å². The zero-order valence-electron chi connectivity index (χ0n) is 11.9. The summed E-state index contributed by atoms with van der Waals surface area (Å²) in [6.45, 7) is 3.82. The SMILES string of the molecule is COc1cccc(CC(=O)c2cc(C)ccc2C)c1F. The number of ether oxygens (including phenoxy) is 1. The van der Waals surface area contributed by atoms with E-state index in [1.165, 1.54) is 7.11 Å². The highest BCUT2D eigenvalue weighted by Gasteiger charge is 2.15. The van der Waals surface area contributed by atoms with Crippen molar-refractivity contribution < 1.29 is 13.9 Å². The van der Waals surface area contributed by atoms with Crippen LogP contribution in [0.2, 0.25) is 0 Å². The highest BCUT2D eigenvalue weighted by atomic mass is 19.1. The molecule has 0 heterocycles. The van der Waals surface area contributed by atoms with E-state index in [0.717, 1.165) is 11.1 Å². The van der Waals surface area contributed by atoms with E-state index in [1.807, 2.05) is 32.0 Å². The number of rotatable bonds is 4. The van der Waals surface area contributed by atoms with Crippen LogP contribution in [0.25, 0.3) is 0 Å². The zero-order chi connectivity index (χ0) is 14.7. The number of methoxy groups -OCH3 is 1. The van der Waals surface area contributed by atoms with Gasteiger partial charge < -0.3 is 4.74 Å². The molecule has 20 heavy (non-hydrogen) atoms. The van der Waals surface area contributed by atoms with E-state index in [9.17, 15) is 9.18 Å². The van der Waals surface area contributed by atoms with Gasteiger partial charge in [0, 0.05) is 12.0 Å². The van der Waals surface area contributed by atoms with Crippen LogP contribution in [0.4, 0.5) is 4.39 Å². The maximum atomic E-state index is 14.1. The summed E-state index contributed by atoms with van der Waals surface area (Å²) >= 11 is 0. The summed E-state index contributed by atoms with van der Waals surface area (Å²) in [5.74, 6) is -0.386. The Labute approximate surface area is 118 Å². The molecule has 0 aliphatic rings. The number of carbonyl (C=O) groups is 1. The molecule has 0 unspecified atom stereocenters. The van der Waals surface area contributed by atoms with Crippen molar-refractivity contribution in [2.45, 2.75) is 20.3 Å². The molecule has 3 heteroatoms. The molecule has 0 aliphatic heterocycles. The lowest BCUT2D eigenvalue weighted by atomic mass is 9.97. The van der Waals surface area contributed by atoms with Gasteiger partial charge in [-0.05, 0) is 37.1 Å². The summed E-state index contributed by atoms with van der Waals surface area (Å²) in [6.07, 6.45) is 0.0350. The fraction of sp³-hybridized carbons (Fsp3) is 0.235. The smallest absolute Gasteiger partial charge is 0.168 e. The third kappa shape index (κ3) is 2.87. The minimum absolute atomic E-state index is 0.0350. The first-order chi connectivity index (χ1) is 9.52. The molecule has 104 valence electrons. The molecule has 2 nitrogen and oxygen atoms in total. The number of hydrogen-bond acceptors (Lipinski definition) is 2. The molecule has 0 amide bonds. The Morgan fingerprint density at radius 2 is 1.95 bits per heavy atom. The van der Waals surface area contributed by atoms with E-state index in [2.05, 4.69) is 0 Å². The Balaban J connectivity index is 2.30. The van der Waals surface area contributed by atoms with Gasteiger partial charge >= 0.3 is 0 Å². The maximum absolute atomic E-state index is 14.1. The molecule has 2 aromatic carbocycles. The fourth-order valence-corrected chi connectivity index (χ4v) is 2.15. The van der Waals surface area contributed by atoms with E-state index in [1.54, 1.807) is 18.2 Å². The Morgan fingerprint density at radius 1 is 1.20 bits per heavy atom. The molecular formula is C17H17FO2. The van der Waals surface area contributed by atoms with Crippen molar-refractivity contribution in [1.29, 1.82) is 0 Å². The van der Waals surface area contributed by atoms with Gasteiger partial charge in [-0.3, -0.25) is 4.79 Å². The van der Waals surface area contributed by atoms with Gasteiger partial charge in [-0.1, -0.05) is 29.8 Å². The number of Topliss-reactive ketones (excluding diaryl/α,β-unsaturated/α-hetero) is 1. The summed E-state index contributed by atoms with van der Waals surface area (Å²) in [5, 5.41) is 0. The highest BCUT2D eigenvalue weighted by Crippen LogP contribution is 2.22. The molecule has 0 bridgehead atoms. The largest absolute Gasteiger partial charge is 0.494 e. The van der Waals surface area contributed by atoms with Crippen LogP contribution in [0.5, 0.6) is 5.75 Å². The summed E-state index contributed by atoms with van der Waals surface area (Å²) in [6, 6.07) is 10.5. The van der Waals surface area contributed by atoms with Gasteiger partial charge in [0.05, 0.1) is 7.11 Å². The van der Waals surface area contributed by atoms with Crippen LogP contribution in [0.3, 0.4) is 0 Å². The fourth-order valence-electron chi connectivity index (χ4n) is 2.15. The average molecular weight is 272 g/mol. The second-order valence-corrected chi connectivity index (χ2v) is 4.85. The maximum Gasteiger partial charge on any atom is 0.168 e. The summed E-state index contributed by atoms with van der Waals surface area (Å²) in [4.78, 5) is 12.3. The first-order valence-corrected chi connectivity index (χ1v) is 6.44. The Kier molecular flexibility index (Phi) is 4.18. The first kappa shape index (κ1) is 14.3. The zero-order valence-corrected chi connectivity index (χ0v) is 11.9. The number of halogens is 1. The van der Waals surface area contributed by atoms with Crippen molar-refractivity contribution in [3.63, 3.8) is 0 Å². The van der Waals surface area contributed by atoms with Crippen molar-refractivity contribution >= 4 is 5.78 Å². The third-order valence-corrected chi connectivity index (χ3v) is 3.31. The van der Waals surface area contributed by atoms with Crippen LogP contribution in [-0.2, 0) is 6.42 Å². The second-order valence-electron chi connectivity index (χ2n) is 4.85. The van der Waals surface area contributed by atoms with Gasteiger partial charge in [0.25, 0.3) is 0 Å². The van der Waals surface area contributed by atoms with Gasteiger partial charge in [0.2, 0.25) is 0 Å². The predicted molar refractivity (Wildman–Crippen MR) is 76.9 cm³/mol. The molecule has 0 atom stereocenters. The molecule has 0 radical (unpaired) electrons. The monoisotopic (exact) mass is 272 g/mol. The summed E-state index contributed by atoms with van der Waals surface area (Å²) < 4.78 is 19.0. The van der Waals surface area contributed by atoms with Crippen molar-refractivity contribution in [2.24, 2.45) is 0 Å². The van der Waals surface area contributed by atoms with Gasteiger partial charge in [0.1, 0.15) is 0 Å². The molecule has 2 rings (SSSR count). The van der Waals surface area contributed by atoms with Crippen LogP contribution in [0, 0.1) is 19.7 Å². The number of hydrogen-bond donors (Lipinski definition) is 0. The van der Waals surface area contributed by atoms with E-state index < -0.39 is 5.82 Å². The minimum atomic E-state index is -0.464. The quantitative estimate of drug-likeness (QED) is 0.790. The summed E-state index contributed by atoms with van der Waals surface area (Å²) in [7, 11) is 1.41. The normalized spacial score (nSPS) is 10.4. The van der Waals surface area contributed by atoms with Gasteiger partial charge in [-0.15, -0.1) is 0 Å². The average Bonchev–Trinajstić information content (AvgIpc) is 2.43. The molecule has 0 saturated heterocycles. The van der Waals surface area contributed by atoms with Crippen LogP contribution in [0.1, 0.15) is 27.0 Å². The lowest BCUT2D eigenvalue weighted by Gasteiger charge is -2.09. The number of ketones is 1. The second kappa shape index (κ2) is 5.87. The van der Waals surface area contributed by atoms with Crippen LogP contribution >= 0.6 is 0 Å². The van der Waals surface area contributed by atoms with E-state index in [-0.39, 0.29) is 18.0 Å². The first-order valence-electron chi connectivity index (χ1n) is 6.44. The van der Waals surface area contributed by atoms with E-state index >= 15 is 0 Å². The Bertz CT molecular complexity index is 647. The molecule has 0 fully saturated rings. The molecule has 0 N–H and O–H groups in total. The molecule has 0 aromatic heterocycles. The molecule has 0 saturated carbocycles. The lowest BCUT2D eigenvalue weighted by molar-refractivity contribution is 0.0991. The van der Waals surface area contributed by atoms with Crippen molar-refractivity contribution in [1.82, 2.24) is 0 Å². The van der Waals surface area contributed by atoms with E-state index in [0.29, 0.717) is 11.1 Å². The van der Waals surface area contributed by atoms with Crippen LogP contribution in [0.15, 0.2) is 36.4 Å². The standard InChI is InChI=1S/C17H17FO2/c1-11-7-8-12(2)14(9-11)15(19)10-13-5-4-6-16(20-3)17(13)18/h4-9H,10H2,1-3H3. The molecule has 2 aromatic rings. The van der Waals surface area contributed by atoms with Crippen molar-refractivity contribution in [3.8, 4) is 5.75 Å². The minimum Gasteiger partial charge on any atom is -0.494 e. The van der Waals surface area contributed by atoms with Crippen LogP contribution < -0.4 is 4.74 Å².